The number of hydrogen-bond donors (Lipinski definition) is 0. The van der Waals surface area contributed by atoms with Gasteiger partial charge in [0.15, 0.2) is 11.5 Å². The topological polar surface area (TPSA) is 65.8 Å². The molecule has 0 spiro atoms. The van der Waals surface area contributed by atoms with Crippen molar-refractivity contribution in [2.75, 3.05) is 20.8 Å². The van der Waals surface area contributed by atoms with E-state index in [0.717, 1.165) is 27.9 Å². The van der Waals surface area contributed by atoms with Crippen molar-refractivity contribution in [2.24, 2.45) is 0 Å². The third-order valence-corrected chi connectivity index (χ3v) is 9.20. The second-order valence-electron chi connectivity index (χ2n) is 10.4. The molecule has 0 unspecified atom stereocenters. The van der Waals surface area contributed by atoms with E-state index in [-0.39, 0.29) is 5.91 Å². The van der Waals surface area contributed by atoms with Crippen molar-refractivity contribution < 1.29 is 19.0 Å². The average Bonchev–Trinajstić information content (AvgIpc) is 3.63. The van der Waals surface area contributed by atoms with Gasteiger partial charge in [0.25, 0.3) is 5.91 Å². The van der Waals surface area contributed by atoms with Crippen LogP contribution in [0.25, 0.3) is 23.0 Å². The Morgan fingerprint density at radius 2 is 1.70 bits per heavy atom. The molecule has 1 saturated heterocycles. The molecule has 0 saturated carbocycles. The van der Waals surface area contributed by atoms with E-state index in [1.165, 1.54) is 11.8 Å². The molecular formula is C36H30ClN3O4S2. The summed E-state index contributed by atoms with van der Waals surface area (Å²) in [6.45, 7) is 0.776. The van der Waals surface area contributed by atoms with Crippen molar-refractivity contribution in [1.82, 2.24) is 14.7 Å². The third kappa shape index (κ3) is 6.97. The number of thioether (sulfide) groups is 1. The van der Waals surface area contributed by atoms with Crippen LogP contribution in [0.4, 0.5) is 0 Å². The van der Waals surface area contributed by atoms with Crippen LogP contribution in [-0.4, -0.2) is 45.7 Å². The van der Waals surface area contributed by atoms with Gasteiger partial charge in [0.1, 0.15) is 22.4 Å². The number of thiocarbonyl (C=S) groups is 1. The molecule has 7 nitrogen and oxygen atoms in total. The minimum absolute atomic E-state index is 0.134. The van der Waals surface area contributed by atoms with Crippen LogP contribution in [0.2, 0.25) is 5.02 Å². The van der Waals surface area contributed by atoms with Gasteiger partial charge in [-0.3, -0.25) is 9.69 Å². The van der Waals surface area contributed by atoms with Crippen LogP contribution in [0.1, 0.15) is 16.7 Å². The number of rotatable bonds is 11. The second kappa shape index (κ2) is 14.2. The summed E-state index contributed by atoms with van der Waals surface area (Å²) in [5, 5.41) is 5.60. The molecule has 1 aromatic heterocycles. The van der Waals surface area contributed by atoms with Gasteiger partial charge < -0.3 is 14.2 Å². The number of amides is 1. The summed E-state index contributed by atoms with van der Waals surface area (Å²) in [5.41, 5.74) is 5.16. The Morgan fingerprint density at radius 1 is 0.913 bits per heavy atom. The first-order valence-corrected chi connectivity index (χ1v) is 16.1. The lowest BCUT2D eigenvalue weighted by atomic mass is 10.1. The van der Waals surface area contributed by atoms with Crippen molar-refractivity contribution in [1.29, 1.82) is 0 Å². The highest BCUT2D eigenvalue weighted by molar-refractivity contribution is 8.26. The van der Waals surface area contributed by atoms with Gasteiger partial charge >= 0.3 is 0 Å². The fourth-order valence-electron chi connectivity index (χ4n) is 5.05. The van der Waals surface area contributed by atoms with E-state index < -0.39 is 0 Å². The van der Waals surface area contributed by atoms with Crippen LogP contribution < -0.4 is 14.2 Å². The van der Waals surface area contributed by atoms with Gasteiger partial charge in [0.05, 0.1) is 24.8 Å². The summed E-state index contributed by atoms with van der Waals surface area (Å²) in [7, 11) is 3.21. The van der Waals surface area contributed by atoms with E-state index in [0.29, 0.717) is 56.8 Å². The summed E-state index contributed by atoms with van der Waals surface area (Å²) in [6, 6.07) is 31.0. The van der Waals surface area contributed by atoms with Crippen LogP contribution in [0.3, 0.4) is 0 Å². The number of methoxy groups -OCH3 is 2. The van der Waals surface area contributed by atoms with E-state index in [2.05, 4.69) is 0 Å². The number of carbonyl (C=O) groups excluding carboxylic acids is 1. The van der Waals surface area contributed by atoms with Gasteiger partial charge in [0.2, 0.25) is 0 Å². The number of aromatic nitrogens is 2. The van der Waals surface area contributed by atoms with Crippen LogP contribution >= 0.6 is 35.6 Å². The Kier molecular flexibility index (Phi) is 9.73. The molecule has 0 N–H and O–H groups in total. The average molecular weight is 668 g/mol. The molecule has 1 amide bonds. The number of para-hydroxylation sites is 1. The predicted molar refractivity (Wildman–Crippen MR) is 188 cm³/mol. The minimum atomic E-state index is -0.134. The van der Waals surface area contributed by atoms with Gasteiger partial charge in [0, 0.05) is 34.5 Å². The first-order chi connectivity index (χ1) is 22.4. The summed E-state index contributed by atoms with van der Waals surface area (Å²) >= 11 is 13.3. The Labute approximate surface area is 282 Å². The smallest absolute Gasteiger partial charge is 0.266 e. The highest BCUT2D eigenvalue weighted by Crippen LogP contribution is 2.36. The molecule has 232 valence electrons. The van der Waals surface area contributed by atoms with Gasteiger partial charge in [-0.2, -0.15) is 5.10 Å². The zero-order valence-electron chi connectivity index (χ0n) is 25.2. The highest BCUT2D eigenvalue weighted by Gasteiger charge is 2.32. The van der Waals surface area contributed by atoms with Crippen molar-refractivity contribution in [2.45, 2.75) is 13.0 Å². The summed E-state index contributed by atoms with van der Waals surface area (Å²) in [5.74, 6) is 1.85. The fourth-order valence-corrected chi connectivity index (χ4v) is 6.54. The number of ether oxygens (including phenoxy) is 3. The summed E-state index contributed by atoms with van der Waals surface area (Å²) < 4.78 is 19.2. The van der Waals surface area contributed by atoms with Crippen molar-refractivity contribution in [3.8, 4) is 34.2 Å². The normalized spacial score (nSPS) is 13.8. The third-order valence-electron chi connectivity index (χ3n) is 7.46. The monoisotopic (exact) mass is 667 g/mol. The Balaban J connectivity index is 1.27. The molecule has 6 rings (SSSR count). The van der Waals surface area contributed by atoms with Crippen molar-refractivity contribution in [3.63, 3.8) is 0 Å². The number of hydrogen-bond acceptors (Lipinski definition) is 7. The Morgan fingerprint density at radius 3 is 2.48 bits per heavy atom. The van der Waals surface area contributed by atoms with Crippen LogP contribution in [-0.2, 0) is 17.8 Å². The van der Waals surface area contributed by atoms with Crippen LogP contribution in [0.15, 0.2) is 108 Å². The molecule has 1 fully saturated rings. The Hall–Kier alpha value is -4.57. The largest absolute Gasteiger partial charge is 0.493 e. The second-order valence-corrected chi connectivity index (χ2v) is 12.5. The van der Waals surface area contributed by atoms with Crippen LogP contribution in [0, 0.1) is 0 Å². The highest BCUT2D eigenvalue weighted by atomic mass is 35.5. The lowest BCUT2D eigenvalue weighted by molar-refractivity contribution is -0.122. The summed E-state index contributed by atoms with van der Waals surface area (Å²) in [4.78, 5) is 15.8. The maximum absolute atomic E-state index is 13.6. The number of carbonyl (C=O) groups is 1. The van der Waals surface area contributed by atoms with Gasteiger partial charge in [-0.05, 0) is 60.5 Å². The zero-order chi connectivity index (χ0) is 32.0. The first-order valence-electron chi connectivity index (χ1n) is 14.5. The maximum Gasteiger partial charge on any atom is 0.266 e. The first kappa shape index (κ1) is 31.4. The lowest BCUT2D eigenvalue weighted by Gasteiger charge is -2.15. The van der Waals surface area contributed by atoms with Crippen LogP contribution in [0.5, 0.6) is 17.2 Å². The molecule has 0 bridgehead atoms. The van der Waals surface area contributed by atoms with Gasteiger partial charge in [-0.15, -0.1) is 0 Å². The standard InChI is InChI=1S/C36H30ClN3O4S2/c1-42-31-16-15-24(19-32(31)43-2)17-18-39-35(41)33(46-36(39)45)21-27-22-40(28-11-4-3-5-12-28)38-34(27)25-10-8-13-29(20-25)44-23-26-9-6-7-14-30(26)37/h3-16,19-22H,17-18,23H2,1-2H3/b33-21-. The van der Waals surface area contributed by atoms with Gasteiger partial charge in [-0.25, -0.2) is 4.68 Å². The fraction of sp³-hybridized carbons (Fsp3) is 0.139. The summed E-state index contributed by atoms with van der Waals surface area (Å²) in [6.07, 6.45) is 4.41. The predicted octanol–water partition coefficient (Wildman–Crippen LogP) is 8.23. The van der Waals surface area contributed by atoms with E-state index in [4.69, 9.17) is 43.1 Å². The number of benzene rings is 4. The number of nitrogens with zero attached hydrogens (tertiary/aromatic N) is 3. The van der Waals surface area contributed by atoms with E-state index >= 15 is 0 Å². The number of halogens is 1. The van der Waals surface area contributed by atoms with E-state index in [1.807, 2.05) is 114 Å². The minimum Gasteiger partial charge on any atom is -0.493 e. The molecule has 1 aliphatic heterocycles. The molecule has 0 aliphatic carbocycles. The molecule has 46 heavy (non-hydrogen) atoms. The molecule has 0 atom stereocenters. The molecule has 0 radical (unpaired) electrons. The quantitative estimate of drug-likeness (QED) is 0.104. The molecule has 10 heteroatoms. The molecule has 1 aliphatic rings. The maximum atomic E-state index is 13.6. The van der Waals surface area contributed by atoms with Crippen molar-refractivity contribution in [3.05, 3.63) is 130 Å². The van der Waals surface area contributed by atoms with Crippen molar-refractivity contribution >= 4 is 51.9 Å². The van der Waals surface area contributed by atoms with Gasteiger partial charge in [-0.1, -0.05) is 90.2 Å². The molecule has 4 aromatic carbocycles. The lowest BCUT2D eigenvalue weighted by Crippen LogP contribution is -2.30. The zero-order valence-corrected chi connectivity index (χ0v) is 27.6. The molecule has 5 aromatic rings. The molecular weight excluding hydrogens is 638 g/mol. The molecule has 2 heterocycles. The van der Waals surface area contributed by atoms with E-state index in [1.54, 1.807) is 19.1 Å². The van der Waals surface area contributed by atoms with E-state index in [9.17, 15) is 4.79 Å². The Bertz CT molecular complexity index is 1930. The SMILES string of the molecule is COc1ccc(CCN2C(=O)/C(=C/c3cn(-c4ccccc4)nc3-c3cccc(OCc4ccccc4Cl)c3)SC2=S)cc1OC.